The molecule has 0 bridgehead atoms. The Morgan fingerprint density at radius 3 is 2.60 bits per heavy atom. The molecule has 2 fully saturated rings. The molecule has 2 rings (SSSR count). The monoisotopic (exact) mass is 279 g/mol. The Labute approximate surface area is 118 Å². The first-order valence-corrected chi connectivity index (χ1v) is 6.77. The van der Waals surface area contributed by atoms with Gasteiger partial charge in [-0.1, -0.05) is 12.2 Å². The molecule has 6 heteroatoms. The summed E-state index contributed by atoms with van der Waals surface area (Å²) in [6.07, 6.45) is 0. The maximum atomic E-state index is 12.6. The zero-order valence-electron chi connectivity index (χ0n) is 12.2. The van der Waals surface area contributed by atoms with E-state index in [-0.39, 0.29) is 30.8 Å². The zero-order chi connectivity index (χ0) is 15.1. The van der Waals surface area contributed by atoms with Gasteiger partial charge in [-0.25, -0.2) is 0 Å². The minimum Gasteiger partial charge on any atom is -0.345 e. The fourth-order valence-corrected chi connectivity index (χ4v) is 2.45. The molecular weight excluding hydrogens is 258 g/mol. The predicted molar refractivity (Wildman–Crippen MR) is 73.7 cm³/mol. The highest BCUT2D eigenvalue weighted by Gasteiger charge is 2.42. The van der Waals surface area contributed by atoms with Crippen molar-refractivity contribution in [2.75, 3.05) is 26.2 Å². The molecule has 20 heavy (non-hydrogen) atoms. The van der Waals surface area contributed by atoms with E-state index in [0.717, 1.165) is 5.57 Å². The second-order valence-corrected chi connectivity index (χ2v) is 5.98. The van der Waals surface area contributed by atoms with Crippen LogP contribution < -0.4 is 5.32 Å². The van der Waals surface area contributed by atoms with Crippen molar-refractivity contribution in [2.24, 2.45) is 5.41 Å². The van der Waals surface area contributed by atoms with Gasteiger partial charge in [-0.15, -0.1) is 0 Å². The van der Waals surface area contributed by atoms with Crippen LogP contribution in [-0.4, -0.2) is 59.7 Å². The Morgan fingerprint density at radius 1 is 1.35 bits per heavy atom. The van der Waals surface area contributed by atoms with Crippen molar-refractivity contribution in [2.45, 2.75) is 26.8 Å². The van der Waals surface area contributed by atoms with Gasteiger partial charge in [-0.2, -0.15) is 0 Å². The molecule has 0 aromatic heterocycles. The van der Waals surface area contributed by atoms with E-state index in [1.54, 1.807) is 9.80 Å². The van der Waals surface area contributed by atoms with Gasteiger partial charge in [-0.05, 0) is 20.8 Å². The van der Waals surface area contributed by atoms with Crippen molar-refractivity contribution in [1.82, 2.24) is 15.1 Å². The van der Waals surface area contributed by atoms with E-state index < -0.39 is 11.5 Å². The fraction of sp³-hybridized carbons (Fsp3) is 0.643. The van der Waals surface area contributed by atoms with Crippen LogP contribution in [0.1, 0.15) is 20.8 Å². The van der Waals surface area contributed by atoms with Crippen LogP contribution in [0.5, 0.6) is 0 Å². The number of fused-ring (bicyclic) bond motifs is 1. The molecule has 2 heterocycles. The smallest absolute Gasteiger partial charge is 0.245 e. The van der Waals surface area contributed by atoms with Crippen molar-refractivity contribution >= 4 is 17.7 Å². The van der Waals surface area contributed by atoms with Gasteiger partial charge in [0.2, 0.25) is 17.7 Å². The van der Waals surface area contributed by atoms with Crippen LogP contribution >= 0.6 is 0 Å². The molecule has 0 radical (unpaired) electrons. The molecule has 0 aromatic rings. The summed E-state index contributed by atoms with van der Waals surface area (Å²) in [7, 11) is 0. The molecule has 3 amide bonds. The minimum absolute atomic E-state index is 0.0459. The van der Waals surface area contributed by atoms with E-state index in [2.05, 4.69) is 11.9 Å². The van der Waals surface area contributed by atoms with Crippen LogP contribution in [0.2, 0.25) is 0 Å². The molecule has 2 saturated heterocycles. The Hall–Kier alpha value is -1.85. The molecule has 2 aliphatic heterocycles. The Kier molecular flexibility index (Phi) is 3.58. The lowest BCUT2D eigenvalue weighted by atomic mass is 9.84. The molecule has 0 unspecified atom stereocenters. The number of amides is 3. The quantitative estimate of drug-likeness (QED) is 0.709. The number of nitrogens with zero attached hydrogens (tertiary/aromatic N) is 2. The molecule has 1 N–H and O–H groups in total. The number of carbonyl (C=O) groups is 3. The summed E-state index contributed by atoms with van der Waals surface area (Å²) in [4.78, 5) is 39.4. The SMILES string of the molecule is C=C(C)C(C)(C)C(=O)N1CCN2C(=O)CNC(=O)[C@@H]2C1. The Morgan fingerprint density at radius 2 is 2.00 bits per heavy atom. The van der Waals surface area contributed by atoms with Gasteiger partial charge < -0.3 is 15.1 Å². The first-order chi connectivity index (χ1) is 9.25. The summed E-state index contributed by atoms with van der Waals surface area (Å²) in [5, 5.41) is 2.57. The van der Waals surface area contributed by atoms with Gasteiger partial charge >= 0.3 is 0 Å². The van der Waals surface area contributed by atoms with Crippen LogP contribution in [0.4, 0.5) is 0 Å². The van der Waals surface area contributed by atoms with Crippen LogP contribution in [0.25, 0.3) is 0 Å². The standard InChI is InChI=1S/C14H21N3O3/c1-9(2)14(3,4)13(20)16-5-6-17-10(8-16)12(19)15-7-11(17)18/h10H,1,5-8H2,2-4H3,(H,15,19)/t10-/m0/s1. The van der Waals surface area contributed by atoms with E-state index >= 15 is 0 Å². The van der Waals surface area contributed by atoms with Crippen molar-refractivity contribution in [3.8, 4) is 0 Å². The number of nitrogens with one attached hydrogen (secondary N) is 1. The van der Waals surface area contributed by atoms with Crippen LogP contribution in [0.3, 0.4) is 0 Å². The third-order valence-corrected chi connectivity index (χ3v) is 4.31. The Bertz CT molecular complexity index is 484. The van der Waals surface area contributed by atoms with Crippen molar-refractivity contribution < 1.29 is 14.4 Å². The van der Waals surface area contributed by atoms with Crippen LogP contribution in [0, 0.1) is 5.41 Å². The number of carbonyl (C=O) groups excluding carboxylic acids is 3. The summed E-state index contributed by atoms with van der Waals surface area (Å²) >= 11 is 0. The lowest BCUT2D eigenvalue weighted by molar-refractivity contribution is -0.154. The second-order valence-electron chi connectivity index (χ2n) is 5.98. The third-order valence-electron chi connectivity index (χ3n) is 4.31. The maximum Gasteiger partial charge on any atom is 0.245 e. The first kappa shape index (κ1) is 14.6. The number of hydrogen-bond acceptors (Lipinski definition) is 3. The highest BCUT2D eigenvalue weighted by Crippen LogP contribution is 2.28. The van der Waals surface area contributed by atoms with Gasteiger partial charge in [0, 0.05) is 13.1 Å². The Balaban J connectivity index is 2.14. The topological polar surface area (TPSA) is 69.7 Å². The highest BCUT2D eigenvalue weighted by molar-refractivity contribution is 5.96. The van der Waals surface area contributed by atoms with Crippen LogP contribution in [-0.2, 0) is 14.4 Å². The van der Waals surface area contributed by atoms with Gasteiger partial charge in [0.25, 0.3) is 0 Å². The number of piperazine rings is 2. The lowest BCUT2D eigenvalue weighted by Crippen LogP contribution is -2.67. The summed E-state index contributed by atoms with van der Waals surface area (Å²) in [6, 6.07) is -0.560. The lowest BCUT2D eigenvalue weighted by Gasteiger charge is -2.44. The van der Waals surface area contributed by atoms with E-state index in [4.69, 9.17) is 0 Å². The summed E-state index contributed by atoms with van der Waals surface area (Å²) in [5.74, 6) is -0.313. The van der Waals surface area contributed by atoms with Gasteiger partial charge in [0.1, 0.15) is 6.04 Å². The second kappa shape index (κ2) is 4.92. The number of rotatable bonds is 2. The van der Waals surface area contributed by atoms with Crippen molar-refractivity contribution in [3.05, 3.63) is 12.2 Å². The molecule has 0 aromatic carbocycles. The molecule has 6 nitrogen and oxygen atoms in total. The molecule has 0 saturated carbocycles. The number of hydrogen-bond donors (Lipinski definition) is 1. The predicted octanol–water partition coefficient (Wildman–Crippen LogP) is -0.242. The largest absolute Gasteiger partial charge is 0.345 e. The summed E-state index contributed by atoms with van der Waals surface area (Å²) in [5.41, 5.74) is 0.131. The zero-order valence-corrected chi connectivity index (χ0v) is 12.2. The summed E-state index contributed by atoms with van der Waals surface area (Å²) < 4.78 is 0. The molecular formula is C14H21N3O3. The fourth-order valence-electron chi connectivity index (χ4n) is 2.45. The highest BCUT2D eigenvalue weighted by atomic mass is 16.2. The maximum absolute atomic E-state index is 12.6. The van der Waals surface area contributed by atoms with E-state index in [0.29, 0.717) is 13.1 Å². The van der Waals surface area contributed by atoms with Gasteiger partial charge in [-0.3, -0.25) is 14.4 Å². The van der Waals surface area contributed by atoms with E-state index in [1.807, 2.05) is 20.8 Å². The van der Waals surface area contributed by atoms with Gasteiger partial charge in [0.05, 0.1) is 18.5 Å². The molecule has 2 aliphatic rings. The molecule has 1 atom stereocenters. The average molecular weight is 279 g/mol. The van der Waals surface area contributed by atoms with E-state index in [9.17, 15) is 14.4 Å². The normalized spacial score (nSPS) is 23.2. The van der Waals surface area contributed by atoms with Crippen molar-refractivity contribution in [1.29, 1.82) is 0 Å². The van der Waals surface area contributed by atoms with Gasteiger partial charge in [0.15, 0.2) is 0 Å². The van der Waals surface area contributed by atoms with Crippen molar-refractivity contribution in [3.63, 3.8) is 0 Å². The van der Waals surface area contributed by atoms with E-state index in [1.165, 1.54) is 0 Å². The first-order valence-electron chi connectivity index (χ1n) is 6.77. The molecule has 0 spiro atoms. The average Bonchev–Trinajstić information content (AvgIpc) is 2.41. The minimum atomic E-state index is -0.655. The molecule has 110 valence electrons. The summed E-state index contributed by atoms with van der Waals surface area (Å²) in [6.45, 7) is 10.5. The van der Waals surface area contributed by atoms with Crippen LogP contribution in [0.15, 0.2) is 12.2 Å². The third kappa shape index (κ3) is 2.30. The molecule has 0 aliphatic carbocycles.